The second-order valence-electron chi connectivity index (χ2n) is 4.64. The predicted molar refractivity (Wildman–Crippen MR) is 69.9 cm³/mol. The SMILES string of the molecule is [B]c1ccc2c(c1F)C(=O)N(C(C=O)CCC(N)=O)C2. The summed E-state index contributed by atoms with van der Waals surface area (Å²) in [5, 5.41) is 0. The van der Waals surface area contributed by atoms with Crippen LogP contribution in [0.3, 0.4) is 0 Å². The standard InChI is InChI=1S/C13H12BFN2O3/c14-9-3-1-7-5-17(13(20)11(7)12(9)15)8(6-18)2-4-10(16)19/h1,3,6,8H,2,4-5H2,(H2,16,19). The third kappa shape index (κ3) is 2.43. The minimum absolute atomic E-state index is 0.0197. The van der Waals surface area contributed by atoms with E-state index >= 15 is 0 Å². The van der Waals surface area contributed by atoms with E-state index in [4.69, 9.17) is 13.6 Å². The summed E-state index contributed by atoms with van der Waals surface area (Å²) >= 11 is 0. The molecule has 1 aliphatic rings. The molecule has 0 aromatic heterocycles. The van der Waals surface area contributed by atoms with Crippen molar-refractivity contribution in [3.8, 4) is 0 Å². The lowest BCUT2D eigenvalue weighted by Crippen LogP contribution is -2.37. The van der Waals surface area contributed by atoms with Crippen LogP contribution in [0.4, 0.5) is 4.39 Å². The quantitative estimate of drug-likeness (QED) is 0.575. The number of carbonyl (C=O) groups is 3. The molecule has 1 unspecified atom stereocenters. The number of primary amides is 1. The van der Waals surface area contributed by atoms with Gasteiger partial charge in [0.15, 0.2) is 0 Å². The van der Waals surface area contributed by atoms with Crippen molar-refractivity contribution in [1.82, 2.24) is 4.90 Å². The Morgan fingerprint density at radius 3 is 2.85 bits per heavy atom. The van der Waals surface area contributed by atoms with Gasteiger partial charge in [0.1, 0.15) is 19.9 Å². The van der Waals surface area contributed by atoms with E-state index in [0.29, 0.717) is 11.8 Å². The highest BCUT2D eigenvalue weighted by Gasteiger charge is 2.35. The van der Waals surface area contributed by atoms with Crippen molar-refractivity contribution in [2.75, 3.05) is 0 Å². The van der Waals surface area contributed by atoms with E-state index in [1.807, 2.05) is 0 Å². The monoisotopic (exact) mass is 274 g/mol. The minimum Gasteiger partial charge on any atom is -0.370 e. The van der Waals surface area contributed by atoms with Crippen LogP contribution in [0.1, 0.15) is 28.8 Å². The number of benzene rings is 1. The predicted octanol–water partition coefficient (Wildman–Crippen LogP) is -0.592. The molecule has 20 heavy (non-hydrogen) atoms. The van der Waals surface area contributed by atoms with Crippen molar-refractivity contribution in [1.29, 1.82) is 0 Å². The average molecular weight is 274 g/mol. The van der Waals surface area contributed by atoms with Gasteiger partial charge in [-0.1, -0.05) is 17.6 Å². The number of fused-ring (bicyclic) bond motifs is 1. The van der Waals surface area contributed by atoms with Crippen LogP contribution < -0.4 is 11.2 Å². The highest BCUT2D eigenvalue weighted by atomic mass is 19.1. The Kier molecular flexibility index (Phi) is 3.87. The van der Waals surface area contributed by atoms with Crippen LogP contribution in [0.2, 0.25) is 0 Å². The maximum Gasteiger partial charge on any atom is 0.258 e. The lowest BCUT2D eigenvalue weighted by Gasteiger charge is -2.22. The van der Waals surface area contributed by atoms with Gasteiger partial charge < -0.3 is 15.4 Å². The van der Waals surface area contributed by atoms with Crippen LogP contribution >= 0.6 is 0 Å². The molecule has 2 N–H and O–H groups in total. The van der Waals surface area contributed by atoms with Gasteiger partial charge in [-0.05, 0) is 12.0 Å². The minimum atomic E-state index is -0.803. The molecule has 0 saturated heterocycles. The first-order valence-electron chi connectivity index (χ1n) is 6.07. The van der Waals surface area contributed by atoms with Gasteiger partial charge in [0.2, 0.25) is 5.91 Å². The van der Waals surface area contributed by atoms with E-state index in [1.54, 1.807) is 6.07 Å². The molecule has 5 nitrogen and oxygen atoms in total. The van der Waals surface area contributed by atoms with Crippen molar-refractivity contribution in [3.05, 3.63) is 29.1 Å². The summed E-state index contributed by atoms with van der Waals surface area (Å²) in [6, 6.07) is 2.13. The molecular formula is C13H12BFN2O3. The first-order valence-corrected chi connectivity index (χ1v) is 6.07. The number of hydrogen-bond acceptors (Lipinski definition) is 3. The van der Waals surface area contributed by atoms with Gasteiger partial charge in [-0.15, -0.1) is 0 Å². The van der Waals surface area contributed by atoms with Crippen LogP contribution in [0, 0.1) is 5.82 Å². The first kappa shape index (κ1) is 14.2. The zero-order chi connectivity index (χ0) is 14.9. The molecule has 1 aromatic carbocycles. The summed E-state index contributed by atoms with van der Waals surface area (Å²) < 4.78 is 13.9. The smallest absolute Gasteiger partial charge is 0.258 e. The van der Waals surface area contributed by atoms with Gasteiger partial charge in [0.25, 0.3) is 5.91 Å². The Balaban J connectivity index is 2.25. The number of aldehydes is 1. The molecule has 1 aromatic rings. The summed E-state index contributed by atoms with van der Waals surface area (Å²) in [7, 11) is 5.43. The number of carbonyl (C=O) groups excluding carboxylic acids is 3. The molecular weight excluding hydrogens is 262 g/mol. The van der Waals surface area contributed by atoms with Crippen LogP contribution in [-0.2, 0) is 16.1 Å². The van der Waals surface area contributed by atoms with E-state index in [-0.39, 0.29) is 30.4 Å². The molecule has 0 saturated carbocycles. The molecule has 0 bridgehead atoms. The molecule has 2 amide bonds. The fourth-order valence-electron chi connectivity index (χ4n) is 2.25. The van der Waals surface area contributed by atoms with E-state index in [0.717, 1.165) is 0 Å². The maximum atomic E-state index is 13.9. The normalized spacial score (nSPS) is 15.1. The Hall–Kier alpha value is -2.18. The lowest BCUT2D eigenvalue weighted by atomic mass is 9.92. The highest BCUT2D eigenvalue weighted by molar-refractivity contribution is 6.33. The van der Waals surface area contributed by atoms with Crippen LogP contribution in [0.15, 0.2) is 12.1 Å². The first-order chi connectivity index (χ1) is 9.45. The van der Waals surface area contributed by atoms with Crippen molar-refractivity contribution in [2.24, 2.45) is 5.73 Å². The maximum absolute atomic E-state index is 13.9. The zero-order valence-corrected chi connectivity index (χ0v) is 10.6. The number of hydrogen-bond donors (Lipinski definition) is 1. The summed E-state index contributed by atoms with van der Waals surface area (Å²) in [5.41, 5.74) is 5.29. The van der Waals surface area contributed by atoms with Gasteiger partial charge >= 0.3 is 0 Å². The van der Waals surface area contributed by atoms with E-state index in [2.05, 4.69) is 0 Å². The summed E-state index contributed by atoms with van der Waals surface area (Å²) in [6.07, 6.45) is 0.664. The van der Waals surface area contributed by atoms with Gasteiger partial charge in [0, 0.05) is 13.0 Å². The summed E-state index contributed by atoms with van der Waals surface area (Å²) in [5.74, 6) is -1.92. The molecule has 0 spiro atoms. The van der Waals surface area contributed by atoms with Gasteiger partial charge in [-0.3, -0.25) is 9.59 Å². The molecule has 102 valence electrons. The topological polar surface area (TPSA) is 80.5 Å². The fourth-order valence-corrected chi connectivity index (χ4v) is 2.25. The number of halogens is 1. The molecule has 0 aliphatic carbocycles. The molecule has 0 fully saturated rings. The Morgan fingerprint density at radius 2 is 2.25 bits per heavy atom. The fraction of sp³-hybridized carbons (Fsp3) is 0.308. The number of nitrogens with two attached hydrogens (primary N) is 1. The third-order valence-corrected chi connectivity index (χ3v) is 3.32. The van der Waals surface area contributed by atoms with Gasteiger partial charge in [0.05, 0.1) is 11.6 Å². The van der Waals surface area contributed by atoms with Gasteiger partial charge in [-0.2, -0.15) is 0 Å². The number of nitrogens with zero attached hydrogens (tertiary/aromatic N) is 1. The van der Waals surface area contributed by atoms with Crippen molar-refractivity contribution in [3.63, 3.8) is 0 Å². The third-order valence-electron chi connectivity index (χ3n) is 3.32. The molecule has 1 heterocycles. The molecule has 1 atom stereocenters. The Morgan fingerprint density at radius 1 is 1.55 bits per heavy atom. The van der Waals surface area contributed by atoms with Gasteiger partial charge in [-0.25, -0.2) is 4.39 Å². The molecule has 1 aliphatic heterocycles. The highest BCUT2D eigenvalue weighted by Crippen LogP contribution is 2.26. The van der Waals surface area contributed by atoms with Crippen LogP contribution in [0.25, 0.3) is 0 Å². The molecule has 7 heteroatoms. The van der Waals surface area contributed by atoms with E-state index in [9.17, 15) is 18.8 Å². The largest absolute Gasteiger partial charge is 0.370 e. The second kappa shape index (κ2) is 5.44. The number of amides is 2. The summed E-state index contributed by atoms with van der Waals surface area (Å²) in [6.45, 7) is 0.119. The van der Waals surface area contributed by atoms with E-state index < -0.39 is 23.7 Å². The van der Waals surface area contributed by atoms with E-state index in [1.165, 1.54) is 11.0 Å². The lowest BCUT2D eigenvalue weighted by molar-refractivity contribution is -0.118. The number of rotatable bonds is 5. The molecule has 2 radical (unpaired) electrons. The van der Waals surface area contributed by atoms with Crippen molar-refractivity contribution in [2.45, 2.75) is 25.4 Å². The van der Waals surface area contributed by atoms with Crippen molar-refractivity contribution >= 4 is 31.4 Å². The summed E-state index contributed by atoms with van der Waals surface area (Å²) in [4.78, 5) is 35.2. The second-order valence-corrected chi connectivity index (χ2v) is 4.64. The van der Waals surface area contributed by atoms with Crippen LogP contribution in [-0.4, -0.2) is 36.9 Å². The van der Waals surface area contributed by atoms with Crippen LogP contribution in [0.5, 0.6) is 0 Å². The average Bonchev–Trinajstić information content (AvgIpc) is 2.73. The Labute approximate surface area is 116 Å². The Bertz CT molecular complexity index is 591. The van der Waals surface area contributed by atoms with Crippen molar-refractivity contribution < 1.29 is 18.8 Å². The zero-order valence-electron chi connectivity index (χ0n) is 10.6. The molecule has 2 rings (SSSR count).